The van der Waals surface area contributed by atoms with Crippen LogP contribution in [0.4, 0.5) is 0 Å². The van der Waals surface area contributed by atoms with Crippen molar-refractivity contribution in [2.75, 3.05) is 20.1 Å². The van der Waals surface area contributed by atoms with Gasteiger partial charge in [0.1, 0.15) is 0 Å². The summed E-state index contributed by atoms with van der Waals surface area (Å²) < 4.78 is 0. The number of amides is 1. The Bertz CT molecular complexity index is 128. The maximum absolute atomic E-state index is 10.8. The number of carbonyl (C=O) groups is 1. The molecule has 1 aliphatic heterocycles. The van der Waals surface area contributed by atoms with E-state index in [1.807, 2.05) is 4.90 Å². The van der Waals surface area contributed by atoms with Gasteiger partial charge in [0, 0.05) is 13.1 Å². The monoisotopic (exact) mass is 156 g/mol. The third-order valence-corrected chi connectivity index (χ3v) is 1.59. The lowest BCUT2D eigenvalue weighted by molar-refractivity contribution is -0.124. The molecule has 11 heavy (non-hydrogen) atoms. The molecule has 1 rings (SSSR count). The van der Waals surface area contributed by atoms with Crippen molar-refractivity contribution in [3.8, 4) is 0 Å². The molecule has 0 spiro atoms. The van der Waals surface area contributed by atoms with Crippen molar-refractivity contribution in [2.45, 2.75) is 12.8 Å². The summed E-state index contributed by atoms with van der Waals surface area (Å²) in [6.45, 7) is 5.26. The smallest absolute Gasteiger partial charge is 0.245 e. The predicted octanol–water partition coefficient (Wildman–Crippen LogP) is 0.370. The fourth-order valence-electron chi connectivity index (χ4n) is 1.07. The van der Waals surface area contributed by atoms with Crippen molar-refractivity contribution in [3.05, 3.63) is 12.7 Å². The quantitative estimate of drug-likeness (QED) is 0.557. The summed E-state index contributed by atoms with van der Waals surface area (Å²) in [4.78, 5) is 12.6. The van der Waals surface area contributed by atoms with Gasteiger partial charge in [-0.25, -0.2) is 0 Å². The minimum Gasteiger partial charge on any atom is -0.339 e. The fourth-order valence-corrected chi connectivity index (χ4v) is 1.07. The van der Waals surface area contributed by atoms with E-state index in [9.17, 15) is 4.79 Å². The Labute approximate surface area is 67.9 Å². The molecule has 64 valence electrons. The zero-order valence-corrected chi connectivity index (χ0v) is 7.05. The molecule has 0 aromatic rings. The van der Waals surface area contributed by atoms with Gasteiger partial charge in [-0.05, 0) is 26.0 Å². The van der Waals surface area contributed by atoms with E-state index < -0.39 is 0 Å². The van der Waals surface area contributed by atoms with Crippen LogP contribution in [-0.2, 0) is 4.79 Å². The SMILES string of the molecule is C=CC(=O)N1CCCC1.CN. The van der Waals surface area contributed by atoms with Gasteiger partial charge in [0.25, 0.3) is 0 Å². The van der Waals surface area contributed by atoms with Crippen LogP contribution in [0.15, 0.2) is 12.7 Å². The molecule has 1 fully saturated rings. The summed E-state index contributed by atoms with van der Waals surface area (Å²) in [7, 11) is 1.50. The molecule has 1 saturated heterocycles. The number of nitrogens with zero attached hydrogens (tertiary/aromatic N) is 1. The highest BCUT2D eigenvalue weighted by Crippen LogP contribution is 2.06. The van der Waals surface area contributed by atoms with Crippen LogP contribution >= 0.6 is 0 Å². The van der Waals surface area contributed by atoms with Crippen LogP contribution in [0, 0.1) is 0 Å². The van der Waals surface area contributed by atoms with Gasteiger partial charge in [0.05, 0.1) is 0 Å². The highest BCUT2D eigenvalue weighted by Gasteiger charge is 2.13. The van der Waals surface area contributed by atoms with Crippen LogP contribution in [0.3, 0.4) is 0 Å². The van der Waals surface area contributed by atoms with Crippen LogP contribution in [-0.4, -0.2) is 30.9 Å². The lowest BCUT2D eigenvalue weighted by Gasteiger charge is -2.10. The molecule has 0 saturated carbocycles. The average molecular weight is 156 g/mol. The number of carbonyl (C=O) groups excluding carboxylic acids is 1. The molecule has 2 N–H and O–H groups in total. The zero-order chi connectivity index (χ0) is 8.69. The van der Waals surface area contributed by atoms with E-state index in [1.165, 1.54) is 13.1 Å². The summed E-state index contributed by atoms with van der Waals surface area (Å²) in [5.41, 5.74) is 4.50. The molecule has 3 heteroatoms. The summed E-state index contributed by atoms with van der Waals surface area (Å²) in [5, 5.41) is 0. The first kappa shape index (κ1) is 10.2. The second kappa shape index (κ2) is 5.92. The van der Waals surface area contributed by atoms with E-state index in [0.29, 0.717) is 0 Å². The normalized spacial score (nSPS) is 15.3. The molecule has 1 heterocycles. The van der Waals surface area contributed by atoms with Gasteiger partial charge in [0.15, 0.2) is 0 Å². The fraction of sp³-hybridized carbons (Fsp3) is 0.625. The Morgan fingerprint density at radius 3 is 2.27 bits per heavy atom. The molecular weight excluding hydrogens is 140 g/mol. The lowest BCUT2D eigenvalue weighted by Crippen LogP contribution is -2.25. The number of hydrogen-bond donors (Lipinski definition) is 1. The van der Waals surface area contributed by atoms with Crippen molar-refractivity contribution in [1.29, 1.82) is 0 Å². The summed E-state index contributed by atoms with van der Waals surface area (Å²) in [5.74, 6) is 0.0764. The number of likely N-dealkylation sites (tertiary alicyclic amines) is 1. The molecule has 0 atom stereocenters. The van der Waals surface area contributed by atoms with Gasteiger partial charge < -0.3 is 10.6 Å². The van der Waals surface area contributed by atoms with Gasteiger partial charge in [-0.2, -0.15) is 0 Å². The Balaban J connectivity index is 0.000000461. The highest BCUT2D eigenvalue weighted by molar-refractivity contribution is 5.87. The first-order valence-corrected chi connectivity index (χ1v) is 3.83. The minimum absolute atomic E-state index is 0.0764. The number of hydrogen-bond acceptors (Lipinski definition) is 2. The maximum Gasteiger partial charge on any atom is 0.245 e. The maximum atomic E-state index is 10.8. The van der Waals surface area contributed by atoms with E-state index >= 15 is 0 Å². The van der Waals surface area contributed by atoms with Crippen LogP contribution in [0.25, 0.3) is 0 Å². The van der Waals surface area contributed by atoms with E-state index in [0.717, 1.165) is 25.9 Å². The van der Waals surface area contributed by atoms with Gasteiger partial charge in [-0.15, -0.1) is 0 Å². The van der Waals surface area contributed by atoms with E-state index in [-0.39, 0.29) is 5.91 Å². The molecule has 1 amide bonds. The molecule has 1 aliphatic rings. The van der Waals surface area contributed by atoms with Crippen molar-refractivity contribution >= 4 is 5.91 Å². The van der Waals surface area contributed by atoms with E-state index in [4.69, 9.17) is 0 Å². The third kappa shape index (κ3) is 3.18. The van der Waals surface area contributed by atoms with E-state index in [1.54, 1.807) is 0 Å². The topological polar surface area (TPSA) is 46.3 Å². The van der Waals surface area contributed by atoms with Crippen LogP contribution < -0.4 is 5.73 Å². The largest absolute Gasteiger partial charge is 0.339 e. The molecule has 0 aromatic heterocycles. The van der Waals surface area contributed by atoms with E-state index in [2.05, 4.69) is 12.3 Å². The van der Waals surface area contributed by atoms with Gasteiger partial charge in [-0.3, -0.25) is 4.79 Å². The zero-order valence-electron chi connectivity index (χ0n) is 7.05. The average Bonchev–Trinajstić information content (AvgIpc) is 2.59. The van der Waals surface area contributed by atoms with Crippen molar-refractivity contribution in [2.24, 2.45) is 5.73 Å². The van der Waals surface area contributed by atoms with Gasteiger partial charge >= 0.3 is 0 Å². The second-order valence-corrected chi connectivity index (χ2v) is 2.24. The standard InChI is InChI=1S/C7H11NO.CH5N/c1-2-7(9)8-5-3-4-6-8;1-2/h2H,1,3-6H2;2H2,1H3. The first-order valence-electron chi connectivity index (χ1n) is 3.83. The van der Waals surface area contributed by atoms with Crippen molar-refractivity contribution < 1.29 is 4.79 Å². The third-order valence-electron chi connectivity index (χ3n) is 1.59. The molecule has 3 nitrogen and oxygen atoms in total. The number of nitrogens with two attached hydrogens (primary N) is 1. The highest BCUT2D eigenvalue weighted by atomic mass is 16.2. The number of rotatable bonds is 1. The Kier molecular flexibility index (Phi) is 5.47. The minimum atomic E-state index is 0.0764. The predicted molar refractivity (Wildman–Crippen MR) is 46.1 cm³/mol. The molecular formula is C8H16N2O. The molecule has 0 aromatic carbocycles. The Hall–Kier alpha value is -0.830. The second-order valence-electron chi connectivity index (χ2n) is 2.24. The summed E-state index contributed by atoms with van der Waals surface area (Å²) in [6, 6.07) is 0. The van der Waals surface area contributed by atoms with Crippen LogP contribution in [0.5, 0.6) is 0 Å². The molecule has 0 bridgehead atoms. The molecule has 0 aliphatic carbocycles. The molecule has 0 unspecified atom stereocenters. The van der Waals surface area contributed by atoms with Crippen molar-refractivity contribution in [1.82, 2.24) is 4.90 Å². The first-order chi connectivity index (χ1) is 5.34. The van der Waals surface area contributed by atoms with Crippen LogP contribution in [0.1, 0.15) is 12.8 Å². The van der Waals surface area contributed by atoms with Crippen LogP contribution in [0.2, 0.25) is 0 Å². The van der Waals surface area contributed by atoms with Gasteiger partial charge in [-0.1, -0.05) is 6.58 Å². The molecule has 0 radical (unpaired) electrons. The summed E-state index contributed by atoms with van der Waals surface area (Å²) >= 11 is 0. The lowest BCUT2D eigenvalue weighted by atomic mass is 10.4. The summed E-state index contributed by atoms with van der Waals surface area (Å²) in [6.07, 6.45) is 3.68. The van der Waals surface area contributed by atoms with Crippen molar-refractivity contribution in [3.63, 3.8) is 0 Å². The Morgan fingerprint density at radius 1 is 1.45 bits per heavy atom. The van der Waals surface area contributed by atoms with Gasteiger partial charge in [0.2, 0.25) is 5.91 Å². The Morgan fingerprint density at radius 2 is 1.91 bits per heavy atom.